The van der Waals surface area contributed by atoms with Crippen LogP contribution in [0.5, 0.6) is 0 Å². The highest BCUT2D eigenvalue weighted by molar-refractivity contribution is 7.19. The summed E-state index contributed by atoms with van der Waals surface area (Å²) < 4.78 is 60.0. The van der Waals surface area contributed by atoms with E-state index in [1.54, 1.807) is 13.2 Å². The van der Waals surface area contributed by atoms with Gasteiger partial charge in [0.15, 0.2) is 17.3 Å². The zero-order valence-electron chi connectivity index (χ0n) is 17.5. The van der Waals surface area contributed by atoms with Gasteiger partial charge >= 0.3 is 0 Å². The van der Waals surface area contributed by atoms with Crippen molar-refractivity contribution >= 4 is 27.9 Å². The van der Waals surface area contributed by atoms with Crippen LogP contribution in [-0.2, 0) is 11.8 Å². The van der Waals surface area contributed by atoms with Crippen molar-refractivity contribution in [3.63, 3.8) is 0 Å². The SMILES string of the molecule is Cn1cc(NC(=O)c2nc(-c3c(F)ccc(F)c3F)sc2N)cn1.NC1CCCOCC1F. The summed E-state index contributed by atoms with van der Waals surface area (Å²) in [5.74, 6) is -4.27. The van der Waals surface area contributed by atoms with E-state index in [1.807, 2.05) is 0 Å². The van der Waals surface area contributed by atoms with Gasteiger partial charge in [-0.05, 0) is 25.0 Å². The number of anilines is 2. The van der Waals surface area contributed by atoms with Crippen molar-refractivity contribution in [1.82, 2.24) is 14.8 Å². The molecule has 5 N–H and O–H groups in total. The van der Waals surface area contributed by atoms with Gasteiger partial charge in [-0.1, -0.05) is 11.3 Å². The molecule has 3 heterocycles. The van der Waals surface area contributed by atoms with Gasteiger partial charge in [0, 0.05) is 25.9 Å². The number of nitrogens with two attached hydrogens (primary N) is 2. The lowest BCUT2D eigenvalue weighted by molar-refractivity contribution is 0.0923. The number of carbonyl (C=O) groups is 1. The van der Waals surface area contributed by atoms with Crippen LogP contribution in [0.1, 0.15) is 23.3 Å². The Bertz CT molecular complexity index is 1110. The van der Waals surface area contributed by atoms with Crippen molar-refractivity contribution in [1.29, 1.82) is 0 Å². The van der Waals surface area contributed by atoms with Crippen LogP contribution >= 0.6 is 11.3 Å². The van der Waals surface area contributed by atoms with Gasteiger partial charge in [-0.25, -0.2) is 22.5 Å². The Balaban J connectivity index is 0.000000286. The fraction of sp³-hybridized carbons (Fsp3) is 0.350. The highest BCUT2D eigenvalue weighted by atomic mass is 32.1. The van der Waals surface area contributed by atoms with Crippen molar-refractivity contribution in [3.05, 3.63) is 47.7 Å². The van der Waals surface area contributed by atoms with Gasteiger partial charge in [0.25, 0.3) is 5.91 Å². The summed E-state index contributed by atoms with van der Waals surface area (Å²) in [4.78, 5) is 16.0. The molecule has 1 saturated heterocycles. The summed E-state index contributed by atoms with van der Waals surface area (Å²) >= 11 is 0.687. The molecule has 1 fully saturated rings. The first kappa shape index (κ1) is 24.6. The molecule has 4 rings (SSSR count). The van der Waals surface area contributed by atoms with Crippen LogP contribution in [0.3, 0.4) is 0 Å². The zero-order valence-corrected chi connectivity index (χ0v) is 18.3. The van der Waals surface area contributed by atoms with Crippen LogP contribution in [0, 0.1) is 17.5 Å². The minimum absolute atomic E-state index is 0.0468. The Hall–Kier alpha value is -3.03. The van der Waals surface area contributed by atoms with Gasteiger partial charge in [0.2, 0.25) is 0 Å². The van der Waals surface area contributed by atoms with Crippen LogP contribution in [0.2, 0.25) is 0 Å². The maximum atomic E-state index is 13.8. The van der Waals surface area contributed by atoms with Crippen LogP contribution < -0.4 is 16.8 Å². The number of hydrogen-bond acceptors (Lipinski definition) is 7. The largest absolute Gasteiger partial charge is 0.389 e. The molecule has 2 aromatic heterocycles. The normalized spacial score (nSPS) is 18.2. The number of ether oxygens (including phenoxy) is 1. The molecule has 2 atom stereocenters. The summed E-state index contributed by atoms with van der Waals surface area (Å²) in [5.41, 5.74) is 10.7. The summed E-state index contributed by atoms with van der Waals surface area (Å²) in [6.07, 6.45) is 3.65. The Kier molecular flexibility index (Phi) is 8.00. The standard InChI is InChI=1S/C14H10F3N5OS.C6H12FNO/c1-22-5-6(4-19-22)20-13(23)11-12(18)24-14(21-11)9-7(15)2-3-8(16)10(9)17;7-5-4-9-3-1-2-6(5)8/h2-5H,18H2,1H3,(H,20,23);5-6H,1-4,8H2. The maximum Gasteiger partial charge on any atom is 0.277 e. The van der Waals surface area contributed by atoms with Gasteiger partial charge in [0.05, 0.1) is 24.1 Å². The summed E-state index contributed by atoms with van der Waals surface area (Å²) in [7, 11) is 1.67. The first-order chi connectivity index (χ1) is 15.7. The van der Waals surface area contributed by atoms with E-state index in [4.69, 9.17) is 16.2 Å². The van der Waals surface area contributed by atoms with E-state index in [0.717, 1.165) is 18.9 Å². The van der Waals surface area contributed by atoms with Crippen molar-refractivity contribution < 1.29 is 27.1 Å². The predicted octanol–water partition coefficient (Wildman–Crippen LogP) is 3.26. The highest BCUT2D eigenvalue weighted by Gasteiger charge is 2.23. The van der Waals surface area contributed by atoms with Gasteiger partial charge in [-0.15, -0.1) is 0 Å². The number of nitrogens with zero attached hydrogens (tertiary/aromatic N) is 3. The molecule has 0 bridgehead atoms. The first-order valence-corrected chi connectivity index (χ1v) is 10.7. The number of alkyl halides is 1. The quantitative estimate of drug-likeness (QED) is 0.386. The molecule has 33 heavy (non-hydrogen) atoms. The molecule has 0 aliphatic carbocycles. The minimum Gasteiger partial charge on any atom is -0.389 e. The number of rotatable bonds is 3. The molecule has 1 aliphatic rings. The summed E-state index contributed by atoms with van der Waals surface area (Å²) in [6.45, 7) is 0.843. The van der Waals surface area contributed by atoms with Crippen molar-refractivity contribution in [2.45, 2.75) is 25.1 Å². The molecule has 0 spiro atoms. The molecule has 0 radical (unpaired) electrons. The molecular formula is C20H22F4N6O2S. The topological polar surface area (TPSA) is 121 Å². The Labute approximate surface area is 190 Å². The van der Waals surface area contributed by atoms with Crippen LogP contribution in [0.25, 0.3) is 10.6 Å². The number of nitrogen functional groups attached to an aromatic ring is 1. The lowest BCUT2D eigenvalue weighted by atomic mass is 10.1. The molecule has 1 aromatic carbocycles. The van der Waals surface area contributed by atoms with E-state index < -0.39 is 35.1 Å². The molecule has 178 valence electrons. The monoisotopic (exact) mass is 486 g/mol. The molecule has 13 heteroatoms. The third-order valence-corrected chi connectivity index (χ3v) is 5.56. The van der Waals surface area contributed by atoms with Gasteiger partial charge in [-0.2, -0.15) is 5.10 Å². The average Bonchev–Trinajstić information content (AvgIpc) is 3.30. The lowest BCUT2D eigenvalue weighted by Gasteiger charge is -2.10. The lowest BCUT2D eigenvalue weighted by Crippen LogP contribution is -2.32. The number of carbonyl (C=O) groups excluding carboxylic acids is 1. The zero-order chi connectivity index (χ0) is 24.1. The van der Waals surface area contributed by atoms with Gasteiger partial charge in [-0.3, -0.25) is 9.48 Å². The number of halogens is 4. The fourth-order valence-corrected chi connectivity index (χ4v) is 3.79. The molecule has 8 nitrogen and oxygen atoms in total. The molecular weight excluding hydrogens is 464 g/mol. The van der Waals surface area contributed by atoms with Crippen LogP contribution in [0.4, 0.5) is 28.3 Å². The van der Waals surface area contributed by atoms with Crippen molar-refractivity contribution in [2.75, 3.05) is 24.3 Å². The molecule has 2 unspecified atom stereocenters. The van der Waals surface area contributed by atoms with Crippen molar-refractivity contribution in [3.8, 4) is 10.6 Å². The smallest absolute Gasteiger partial charge is 0.277 e. The van der Waals surface area contributed by atoms with Crippen LogP contribution in [0.15, 0.2) is 24.5 Å². The first-order valence-electron chi connectivity index (χ1n) is 9.85. The van der Waals surface area contributed by atoms with Gasteiger partial charge < -0.3 is 21.5 Å². The number of benzene rings is 1. The molecule has 1 amide bonds. The second kappa shape index (κ2) is 10.7. The second-order valence-corrected chi connectivity index (χ2v) is 8.23. The number of thiazole rings is 1. The number of nitrogens with one attached hydrogen (secondary N) is 1. The van der Waals surface area contributed by atoms with E-state index >= 15 is 0 Å². The number of hydrogen-bond donors (Lipinski definition) is 3. The maximum absolute atomic E-state index is 13.8. The average molecular weight is 486 g/mol. The number of amides is 1. The number of aromatic nitrogens is 3. The van der Waals surface area contributed by atoms with Crippen molar-refractivity contribution in [2.24, 2.45) is 12.8 Å². The molecule has 1 aliphatic heterocycles. The molecule has 0 saturated carbocycles. The van der Waals surface area contributed by atoms with Gasteiger partial charge in [0.1, 0.15) is 22.0 Å². The van der Waals surface area contributed by atoms with E-state index in [-0.39, 0.29) is 28.4 Å². The fourth-order valence-electron chi connectivity index (χ4n) is 2.92. The summed E-state index contributed by atoms with van der Waals surface area (Å²) in [5, 5.41) is 6.12. The van der Waals surface area contributed by atoms with E-state index in [2.05, 4.69) is 15.4 Å². The third-order valence-electron chi connectivity index (χ3n) is 4.66. The predicted molar refractivity (Wildman–Crippen MR) is 116 cm³/mol. The highest BCUT2D eigenvalue weighted by Crippen LogP contribution is 2.34. The minimum atomic E-state index is -1.39. The summed E-state index contributed by atoms with van der Waals surface area (Å²) in [6, 6.07) is 1.15. The molecule has 3 aromatic rings. The number of aryl methyl sites for hydroxylation is 1. The van der Waals surface area contributed by atoms with E-state index in [9.17, 15) is 22.4 Å². The van der Waals surface area contributed by atoms with E-state index in [0.29, 0.717) is 29.7 Å². The Morgan fingerprint density at radius 2 is 2.03 bits per heavy atom. The second-order valence-electron chi connectivity index (χ2n) is 7.20. The van der Waals surface area contributed by atoms with Crippen LogP contribution in [-0.4, -0.2) is 46.1 Å². The Morgan fingerprint density at radius 1 is 1.30 bits per heavy atom. The Morgan fingerprint density at radius 3 is 2.73 bits per heavy atom. The van der Waals surface area contributed by atoms with E-state index in [1.165, 1.54) is 10.9 Å². The third kappa shape index (κ3) is 6.06.